The van der Waals surface area contributed by atoms with E-state index in [9.17, 15) is 14.3 Å². The number of aromatic nitrogens is 1. The van der Waals surface area contributed by atoms with E-state index in [-0.39, 0.29) is 11.4 Å². The standard InChI is InChI=1S/C20H17FN2O3S2/c1-26-16-10-14(20(24)25)9-13-3-2-8-23(18(13)16)28-17-11-22-19(27-17)12-4-6-15(21)7-5-12/h4-7,9-11H,2-3,8H2,1H3,(H,24,25). The van der Waals surface area contributed by atoms with Crippen LogP contribution in [0.15, 0.2) is 46.8 Å². The van der Waals surface area contributed by atoms with Gasteiger partial charge in [0.1, 0.15) is 20.8 Å². The number of carboxylic acids is 1. The molecular weight excluding hydrogens is 399 g/mol. The maximum Gasteiger partial charge on any atom is 0.335 e. The van der Waals surface area contributed by atoms with Crippen molar-refractivity contribution in [2.24, 2.45) is 0 Å². The van der Waals surface area contributed by atoms with Gasteiger partial charge in [0.15, 0.2) is 0 Å². The van der Waals surface area contributed by atoms with E-state index in [0.29, 0.717) is 5.75 Å². The molecule has 3 aromatic rings. The first-order chi connectivity index (χ1) is 13.5. The monoisotopic (exact) mass is 416 g/mol. The molecule has 0 fully saturated rings. The van der Waals surface area contributed by atoms with Crippen molar-refractivity contribution in [3.8, 4) is 16.3 Å². The number of hydrogen-bond acceptors (Lipinski definition) is 6. The van der Waals surface area contributed by atoms with E-state index in [4.69, 9.17) is 4.74 Å². The van der Waals surface area contributed by atoms with Crippen LogP contribution in [0.1, 0.15) is 22.3 Å². The molecule has 0 aliphatic carbocycles. The van der Waals surface area contributed by atoms with Crippen LogP contribution in [0.5, 0.6) is 5.75 Å². The first-order valence-electron chi connectivity index (χ1n) is 8.66. The molecule has 0 spiro atoms. The zero-order valence-electron chi connectivity index (χ0n) is 15.0. The van der Waals surface area contributed by atoms with Gasteiger partial charge < -0.3 is 14.1 Å². The van der Waals surface area contributed by atoms with Crippen molar-refractivity contribution in [1.82, 2.24) is 4.98 Å². The third kappa shape index (κ3) is 3.70. The predicted molar refractivity (Wildman–Crippen MR) is 109 cm³/mol. The molecule has 0 radical (unpaired) electrons. The Kier molecular flexibility index (Phi) is 5.23. The fourth-order valence-corrected chi connectivity index (χ4v) is 5.32. The number of thiazole rings is 1. The van der Waals surface area contributed by atoms with Gasteiger partial charge in [-0.3, -0.25) is 0 Å². The lowest BCUT2D eigenvalue weighted by atomic mass is 10.00. The molecule has 8 heteroatoms. The number of nitrogens with zero attached hydrogens (tertiary/aromatic N) is 2. The highest BCUT2D eigenvalue weighted by molar-refractivity contribution is 8.02. The molecule has 1 N–H and O–H groups in total. The van der Waals surface area contributed by atoms with Gasteiger partial charge in [-0.15, -0.1) is 11.3 Å². The predicted octanol–water partition coefficient (Wildman–Crippen LogP) is 5.12. The van der Waals surface area contributed by atoms with Gasteiger partial charge in [-0.25, -0.2) is 14.2 Å². The molecule has 0 amide bonds. The van der Waals surface area contributed by atoms with Crippen LogP contribution in [0, 0.1) is 5.82 Å². The Labute approximate surface area is 169 Å². The van der Waals surface area contributed by atoms with Crippen LogP contribution in [-0.4, -0.2) is 29.7 Å². The summed E-state index contributed by atoms with van der Waals surface area (Å²) in [6.07, 6.45) is 3.55. The van der Waals surface area contributed by atoms with E-state index >= 15 is 0 Å². The van der Waals surface area contributed by atoms with Crippen LogP contribution in [0.2, 0.25) is 0 Å². The molecule has 1 aromatic heterocycles. The summed E-state index contributed by atoms with van der Waals surface area (Å²) < 4.78 is 21.7. The summed E-state index contributed by atoms with van der Waals surface area (Å²) in [6, 6.07) is 9.58. The van der Waals surface area contributed by atoms with Crippen molar-refractivity contribution in [2.75, 3.05) is 18.0 Å². The second kappa shape index (κ2) is 7.81. The number of ether oxygens (including phenoxy) is 1. The van der Waals surface area contributed by atoms with Gasteiger partial charge in [0, 0.05) is 24.1 Å². The maximum atomic E-state index is 13.1. The van der Waals surface area contributed by atoms with Crippen LogP contribution < -0.4 is 9.04 Å². The molecule has 4 rings (SSSR count). The second-order valence-electron chi connectivity index (χ2n) is 6.28. The van der Waals surface area contributed by atoms with Gasteiger partial charge >= 0.3 is 5.97 Å². The largest absolute Gasteiger partial charge is 0.495 e. The van der Waals surface area contributed by atoms with E-state index in [2.05, 4.69) is 9.29 Å². The fourth-order valence-electron chi connectivity index (χ4n) is 3.17. The van der Waals surface area contributed by atoms with Crippen LogP contribution in [-0.2, 0) is 6.42 Å². The maximum absolute atomic E-state index is 13.1. The third-order valence-corrected chi connectivity index (χ3v) is 6.64. The van der Waals surface area contributed by atoms with E-state index < -0.39 is 5.97 Å². The average molecular weight is 416 g/mol. The summed E-state index contributed by atoms with van der Waals surface area (Å²) in [4.78, 5) is 15.8. The summed E-state index contributed by atoms with van der Waals surface area (Å²) in [6.45, 7) is 0.824. The normalized spacial score (nSPS) is 13.3. The van der Waals surface area contributed by atoms with Crippen molar-refractivity contribution < 1.29 is 19.0 Å². The SMILES string of the molecule is COc1cc(C(=O)O)cc2c1N(Sc1cnc(-c3ccc(F)cc3)s1)CCC2. The summed E-state index contributed by atoms with van der Waals surface area (Å²) in [7, 11) is 1.55. The quantitative estimate of drug-likeness (QED) is 0.583. The Morgan fingerprint density at radius 1 is 1.32 bits per heavy atom. The molecule has 2 heterocycles. The van der Waals surface area contributed by atoms with E-state index in [0.717, 1.165) is 45.4 Å². The molecule has 0 unspecified atom stereocenters. The van der Waals surface area contributed by atoms with E-state index in [1.807, 2.05) is 0 Å². The van der Waals surface area contributed by atoms with Gasteiger partial charge in [0.25, 0.3) is 0 Å². The summed E-state index contributed by atoms with van der Waals surface area (Å²) in [5, 5.41) is 10.2. The highest BCUT2D eigenvalue weighted by Gasteiger charge is 2.25. The van der Waals surface area contributed by atoms with Crippen molar-refractivity contribution in [2.45, 2.75) is 17.1 Å². The van der Waals surface area contributed by atoms with Gasteiger partial charge in [0.2, 0.25) is 0 Å². The van der Waals surface area contributed by atoms with Gasteiger partial charge in [-0.2, -0.15) is 0 Å². The molecule has 0 saturated heterocycles. The molecular formula is C20H17FN2O3S2. The Morgan fingerprint density at radius 2 is 2.11 bits per heavy atom. The Morgan fingerprint density at radius 3 is 2.82 bits per heavy atom. The fraction of sp³-hybridized carbons (Fsp3) is 0.200. The zero-order valence-corrected chi connectivity index (χ0v) is 16.6. The number of carboxylic acid groups (broad SMARTS) is 1. The molecule has 144 valence electrons. The minimum absolute atomic E-state index is 0.235. The van der Waals surface area contributed by atoms with Crippen molar-refractivity contribution >= 4 is 34.9 Å². The number of methoxy groups -OCH3 is 1. The molecule has 2 aromatic carbocycles. The molecule has 1 aliphatic heterocycles. The number of aromatic carboxylic acids is 1. The second-order valence-corrected chi connectivity index (χ2v) is 8.63. The smallest absolute Gasteiger partial charge is 0.335 e. The average Bonchev–Trinajstić information content (AvgIpc) is 3.16. The number of carbonyl (C=O) groups is 1. The third-order valence-electron chi connectivity index (χ3n) is 4.45. The van der Waals surface area contributed by atoms with Gasteiger partial charge in [-0.05, 0) is 54.8 Å². The molecule has 0 atom stereocenters. The summed E-state index contributed by atoms with van der Waals surface area (Å²) >= 11 is 3.09. The van der Waals surface area contributed by atoms with Gasteiger partial charge in [-0.1, -0.05) is 0 Å². The number of anilines is 1. The van der Waals surface area contributed by atoms with E-state index in [1.54, 1.807) is 49.5 Å². The number of rotatable bonds is 5. The van der Waals surface area contributed by atoms with Crippen LogP contribution >= 0.6 is 23.3 Å². The van der Waals surface area contributed by atoms with Gasteiger partial charge in [0.05, 0.1) is 24.6 Å². The number of hydrogen-bond donors (Lipinski definition) is 1. The lowest BCUT2D eigenvalue weighted by molar-refractivity contribution is 0.0696. The Balaban J connectivity index is 1.62. The van der Waals surface area contributed by atoms with Crippen molar-refractivity contribution in [1.29, 1.82) is 0 Å². The number of fused-ring (bicyclic) bond motifs is 1. The minimum Gasteiger partial charge on any atom is -0.495 e. The Bertz CT molecular complexity index is 1000. The lowest BCUT2D eigenvalue weighted by Crippen LogP contribution is -2.23. The van der Waals surface area contributed by atoms with Crippen molar-refractivity contribution in [3.63, 3.8) is 0 Å². The van der Waals surface area contributed by atoms with Crippen LogP contribution in [0.25, 0.3) is 10.6 Å². The highest BCUT2D eigenvalue weighted by Crippen LogP contribution is 2.44. The molecule has 1 aliphatic rings. The van der Waals surface area contributed by atoms with Crippen molar-refractivity contribution in [3.05, 3.63) is 59.5 Å². The first-order valence-corrected chi connectivity index (χ1v) is 10.3. The molecule has 0 bridgehead atoms. The molecule has 5 nitrogen and oxygen atoms in total. The minimum atomic E-state index is -0.961. The number of benzene rings is 2. The highest BCUT2D eigenvalue weighted by atomic mass is 32.2. The first kappa shape index (κ1) is 18.8. The summed E-state index contributed by atoms with van der Waals surface area (Å²) in [5.74, 6) is -0.671. The molecule has 28 heavy (non-hydrogen) atoms. The molecule has 0 saturated carbocycles. The lowest BCUT2D eigenvalue weighted by Gasteiger charge is -2.31. The van der Waals surface area contributed by atoms with E-state index in [1.165, 1.54) is 23.5 Å². The number of aryl methyl sites for hydroxylation is 1. The van der Waals surface area contributed by atoms with Crippen LogP contribution in [0.3, 0.4) is 0 Å². The summed E-state index contributed by atoms with van der Waals surface area (Å²) in [5.41, 5.74) is 3.00. The van der Waals surface area contributed by atoms with Crippen LogP contribution in [0.4, 0.5) is 10.1 Å². The zero-order chi connectivity index (χ0) is 19.7. The Hall–Kier alpha value is -2.58. The topological polar surface area (TPSA) is 62.7 Å². The number of halogens is 1.